The molecule has 0 heterocycles. The fraction of sp³-hybridized carbons (Fsp3) is 0.467. The van der Waals surface area contributed by atoms with Crippen LogP contribution in [0.4, 0.5) is 0 Å². The van der Waals surface area contributed by atoms with Gasteiger partial charge in [0.1, 0.15) is 0 Å². The molecule has 0 fully saturated rings. The van der Waals surface area contributed by atoms with Gasteiger partial charge in [-0.3, -0.25) is 9.59 Å². The molecular weight excluding hydrogens is 244 g/mol. The van der Waals surface area contributed by atoms with Crippen LogP contribution < -0.4 is 0 Å². The maximum atomic E-state index is 11.4. The van der Waals surface area contributed by atoms with E-state index in [-0.39, 0.29) is 12.8 Å². The Morgan fingerprint density at radius 3 is 2.32 bits per heavy atom. The Labute approximate surface area is 112 Å². The van der Waals surface area contributed by atoms with E-state index in [4.69, 9.17) is 6.42 Å². The summed E-state index contributed by atoms with van der Waals surface area (Å²) in [6.45, 7) is 4.00. The lowest BCUT2D eigenvalue weighted by Gasteiger charge is -2.26. The number of carbonyl (C=O) groups is 2. The summed E-state index contributed by atoms with van der Waals surface area (Å²) in [6, 6.07) is 0. The molecule has 4 nitrogen and oxygen atoms in total. The summed E-state index contributed by atoms with van der Waals surface area (Å²) in [5.41, 5.74) is 1.34. The lowest BCUT2D eigenvalue weighted by molar-refractivity contribution is -0.164. The monoisotopic (exact) mass is 262 g/mol. The molecule has 1 aliphatic carbocycles. The van der Waals surface area contributed by atoms with Gasteiger partial charge in [-0.1, -0.05) is 22.8 Å². The minimum Gasteiger partial charge on any atom is -0.480 e. The van der Waals surface area contributed by atoms with E-state index in [9.17, 15) is 19.8 Å². The summed E-state index contributed by atoms with van der Waals surface area (Å²) in [4.78, 5) is 22.7. The van der Waals surface area contributed by atoms with Crippen molar-refractivity contribution >= 4 is 11.9 Å². The van der Waals surface area contributed by atoms with Gasteiger partial charge in [-0.2, -0.15) is 0 Å². The lowest BCUT2D eigenvalue weighted by atomic mass is 9.76. The largest absolute Gasteiger partial charge is 0.480 e. The molecule has 1 rings (SSSR count). The Kier molecular flexibility index (Phi) is 4.55. The number of hydrogen-bond donors (Lipinski definition) is 2. The van der Waals surface area contributed by atoms with Crippen LogP contribution in [0.25, 0.3) is 0 Å². The first-order valence-electron chi connectivity index (χ1n) is 6.07. The second-order valence-corrected chi connectivity index (χ2v) is 5.05. The summed E-state index contributed by atoms with van der Waals surface area (Å²) < 4.78 is 0. The molecule has 19 heavy (non-hydrogen) atoms. The van der Waals surface area contributed by atoms with E-state index in [0.29, 0.717) is 6.42 Å². The van der Waals surface area contributed by atoms with E-state index in [1.165, 1.54) is 11.1 Å². The number of aliphatic carboxylic acids is 2. The van der Waals surface area contributed by atoms with E-state index >= 15 is 0 Å². The van der Waals surface area contributed by atoms with Crippen LogP contribution in [0.15, 0.2) is 22.8 Å². The Morgan fingerprint density at radius 2 is 1.89 bits per heavy atom. The van der Waals surface area contributed by atoms with Crippen molar-refractivity contribution in [3.05, 3.63) is 22.8 Å². The Hall–Kier alpha value is -2.02. The van der Waals surface area contributed by atoms with Crippen molar-refractivity contribution in [1.29, 1.82) is 0 Å². The molecule has 0 aromatic heterocycles. The van der Waals surface area contributed by atoms with Crippen molar-refractivity contribution in [2.75, 3.05) is 0 Å². The summed E-state index contributed by atoms with van der Waals surface area (Å²) in [6.07, 6.45) is 8.08. The average molecular weight is 262 g/mol. The van der Waals surface area contributed by atoms with Gasteiger partial charge < -0.3 is 10.2 Å². The first kappa shape index (κ1) is 15.0. The third-order valence-electron chi connectivity index (χ3n) is 3.67. The van der Waals surface area contributed by atoms with Crippen LogP contribution in [0.1, 0.15) is 39.5 Å². The zero-order valence-corrected chi connectivity index (χ0v) is 11.2. The van der Waals surface area contributed by atoms with Crippen LogP contribution >= 0.6 is 0 Å². The summed E-state index contributed by atoms with van der Waals surface area (Å²) in [5, 5.41) is 18.5. The molecule has 0 saturated heterocycles. The van der Waals surface area contributed by atoms with Crippen molar-refractivity contribution < 1.29 is 19.8 Å². The third kappa shape index (κ3) is 3.05. The number of terminal acetylenes is 1. The van der Waals surface area contributed by atoms with Crippen molar-refractivity contribution in [2.45, 2.75) is 39.5 Å². The molecule has 0 radical (unpaired) electrons. The van der Waals surface area contributed by atoms with Crippen LogP contribution in [0, 0.1) is 17.8 Å². The fourth-order valence-corrected chi connectivity index (χ4v) is 2.19. The van der Waals surface area contributed by atoms with Gasteiger partial charge in [0.25, 0.3) is 0 Å². The predicted molar refractivity (Wildman–Crippen MR) is 71.5 cm³/mol. The van der Waals surface area contributed by atoms with Crippen LogP contribution in [-0.4, -0.2) is 22.2 Å². The van der Waals surface area contributed by atoms with Gasteiger partial charge in [-0.25, -0.2) is 0 Å². The molecule has 2 N–H and O–H groups in total. The lowest BCUT2D eigenvalue weighted by Crippen LogP contribution is -2.39. The average Bonchev–Trinajstić information content (AvgIpc) is 2.32. The summed E-state index contributed by atoms with van der Waals surface area (Å²) >= 11 is 0. The number of hydrogen-bond acceptors (Lipinski definition) is 2. The van der Waals surface area contributed by atoms with Gasteiger partial charge >= 0.3 is 11.9 Å². The smallest absolute Gasteiger partial charge is 0.322 e. The van der Waals surface area contributed by atoms with E-state index in [1.807, 2.05) is 19.9 Å². The standard InChI is InChI=1S/C15H18O4/c1-4-7-15(13(16)17,14(18)19)9-12-6-5-10(2)11(3)8-12/h1,6H,5,7-9H2,2-3H3,(H,16,17)(H,18,19). The maximum absolute atomic E-state index is 11.4. The molecule has 1 aliphatic rings. The number of carboxylic acid groups (broad SMARTS) is 2. The molecule has 4 heteroatoms. The van der Waals surface area contributed by atoms with Crippen LogP contribution in [-0.2, 0) is 9.59 Å². The molecule has 0 aromatic rings. The van der Waals surface area contributed by atoms with Gasteiger partial charge in [0.05, 0.1) is 0 Å². The molecule has 0 aromatic carbocycles. The van der Waals surface area contributed by atoms with Crippen molar-refractivity contribution in [1.82, 2.24) is 0 Å². The van der Waals surface area contributed by atoms with E-state index in [2.05, 4.69) is 5.92 Å². The molecule has 0 aliphatic heterocycles. The van der Waals surface area contributed by atoms with Gasteiger partial charge in [-0.15, -0.1) is 12.3 Å². The maximum Gasteiger partial charge on any atom is 0.322 e. The van der Waals surface area contributed by atoms with Crippen molar-refractivity contribution in [3.8, 4) is 12.3 Å². The van der Waals surface area contributed by atoms with Crippen LogP contribution in [0.3, 0.4) is 0 Å². The molecule has 0 atom stereocenters. The van der Waals surface area contributed by atoms with E-state index in [0.717, 1.165) is 12.0 Å². The first-order valence-corrected chi connectivity index (χ1v) is 6.07. The molecule has 0 spiro atoms. The molecule has 0 amide bonds. The molecule has 0 saturated carbocycles. The van der Waals surface area contributed by atoms with Crippen LogP contribution in [0.5, 0.6) is 0 Å². The van der Waals surface area contributed by atoms with Gasteiger partial charge in [0, 0.05) is 6.42 Å². The Bertz CT molecular complexity index is 489. The number of carboxylic acids is 2. The zero-order valence-electron chi connectivity index (χ0n) is 11.2. The molecular formula is C15H18O4. The Balaban J connectivity index is 3.01. The molecule has 102 valence electrons. The molecule has 0 unspecified atom stereocenters. The predicted octanol–water partition coefficient (Wildman–Crippen LogP) is 2.61. The van der Waals surface area contributed by atoms with Gasteiger partial charge in [0.15, 0.2) is 5.41 Å². The summed E-state index contributed by atoms with van der Waals surface area (Å²) in [7, 11) is 0. The van der Waals surface area contributed by atoms with Gasteiger partial charge in [0.2, 0.25) is 0 Å². The normalized spacial score (nSPS) is 15.7. The highest BCUT2D eigenvalue weighted by atomic mass is 16.4. The first-order chi connectivity index (χ1) is 8.83. The number of allylic oxidation sites excluding steroid dienone is 4. The quantitative estimate of drug-likeness (QED) is 0.453. The van der Waals surface area contributed by atoms with E-state index in [1.54, 1.807) is 0 Å². The minimum atomic E-state index is -1.91. The van der Waals surface area contributed by atoms with E-state index < -0.39 is 17.4 Å². The number of rotatable bonds is 5. The van der Waals surface area contributed by atoms with Gasteiger partial charge in [-0.05, 0) is 33.1 Å². The van der Waals surface area contributed by atoms with Crippen molar-refractivity contribution in [3.63, 3.8) is 0 Å². The second-order valence-electron chi connectivity index (χ2n) is 5.05. The third-order valence-corrected chi connectivity index (χ3v) is 3.67. The highest BCUT2D eigenvalue weighted by Crippen LogP contribution is 2.36. The minimum absolute atomic E-state index is 0.0352. The highest BCUT2D eigenvalue weighted by molar-refractivity contribution is 5.98. The SMILES string of the molecule is C#CCC(CC1=CCC(C)=C(C)C1)(C(=O)O)C(=O)O. The summed E-state index contributed by atoms with van der Waals surface area (Å²) in [5.74, 6) is -0.565. The second kappa shape index (κ2) is 5.75. The van der Waals surface area contributed by atoms with Crippen molar-refractivity contribution in [2.24, 2.45) is 5.41 Å². The topological polar surface area (TPSA) is 74.6 Å². The molecule has 0 bridgehead atoms. The zero-order chi connectivity index (χ0) is 14.6. The fourth-order valence-electron chi connectivity index (χ4n) is 2.19. The Morgan fingerprint density at radius 1 is 1.32 bits per heavy atom. The highest BCUT2D eigenvalue weighted by Gasteiger charge is 2.46. The van der Waals surface area contributed by atoms with Crippen LogP contribution in [0.2, 0.25) is 0 Å².